The zero-order chi connectivity index (χ0) is 12.3. The number of alkyl halides is 1. The molecule has 0 radical (unpaired) electrons. The summed E-state index contributed by atoms with van der Waals surface area (Å²) in [5, 5.41) is 7.17. The van der Waals surface area contributed by atoms with Crippen molar-refractivity contribution in [1.82, 2.24) is 14.9 Å². The number of hydrogen-bond acceptors (Lipinski definition) is 4. The summed E-state index contributed by atoms with van der Waals surface area (Å²) in [7, 11) is 0. The number of carbonyl (C=O) groups excluding carboxylic acids is 1. The van der Waals surface area contributed by atoms with Gasteiger partial charge in [0.25, 0.3) is 5.91 Å². The second-order valence-corrected chi connectivity index (χ2v) is 5.76. The molecule has 1 aliphatic rings. The van der Waals surface area contributed by atoms with Gasteiger partial charge in [-0.2, -0.15) is 0 Å². The fourth-order valence-corrected chi connectivity index (χ4v) is 3.17. The quantitative estimate of drug-likeness (QED) is 0.856. The van der Waals surface area contributed by atoms with Crippen LogP contribution in [0.2, 0.25) is 0 Å². The van der Waals surface area contributed by atoms with Crippen LogP contribution < -0.4 is 5.32 Å². The summed E-state index contributed by atoms with van der Waals surface area (Å²) >= 11 is 7.20. The Labute approximate surface area is 110 Å². The van der Waals surface area contributed by atoms with Crippen LogP contribution in [-0.2, 0) is 6.42 Å². The summed E-state index contributed by atoms with van der Waals surface area (Å²) < 4.78 is 3.82. The third-order valence-electron chi connectivity index (χ3n) is 3.13. The van der Waals surface area contributed by atoms with Crippen molar-refractivity contribution < 1.29 is 4.79 Å². The molecule has 0 saturated heterocycles. The Morgan fingerprint density at radius 3 is 3.06 bits per heavy atom. The van der Waals surface area contributed by atoms with E-state index in [-0.39, 0.29) is 11.3 Å². The molecule has 0 aromatic carbocycles. The van der Waals surface area contributed by atoms with E-state index in [4.69, 9.17) is 11.6 Å². The van der Waals surface area contributed by atoms with Crippen molar-refractivity contribution >= 4 is 29.0 Å². The molecule has 1 fully saturated rings. The van der Waals surface area contributed by atoms with Gasteiger partial charge in [0, 0.05) is 11.9 Å². The first-order valence-electron chi connectivity index (χ1n) is 5.94. The van der Waals surface area contributed by atoms with Crippen molar-refractivity contribution in [1.29, 1.82) is 0 Å². The standard InChI is InChI=1S/C11H16ClN3OS/c1-2-9-10(17-15-14-9)11(16)13-6-7-3-4-8(12)5-7/h7-8H,2-6H2,1H3,(H,13,16). The Kier molecular flexibility index (Phi) is 4.34. The van der Waals surface area contributed by atoms with E-state index in [1.165, 1.54) is 11.5 Å². The zero-order valence-electron chi connectivity index (χ0n) is 9.78. The number of amides is 1. The van der Waals surface area contributed by atoms with Crippen LogP contribution >= 0.6 is 23.1 Å². The SMILES string of the molecule is CCc1nnsc1C(=O)NCC1CCC(Cl)C1. The van der Waals surface area contributed by atoms with Gasteiger partial charge in [-0.1, -0.05) is 11.4 Å². The molecule has 1 saturated carbocycles. The number of halogens is 1. The van der Waals surface area contributed by atoms with E-state index < -0.39 is 0 Å². The molecule has 0 aliphatic heterocycles. The fourth-order valence-electron chi connectivity index (χ4n) is 2.13. The third-order valence-corrected chi connectivity index (χ3v) is 4.29. The van der Waals surface area contributed by atoms with Gasteiger partial charge >= 0.3 is 0 Å². The molecule has 1 aliphatic carbocycles. The van der Waals surface area contributed by atoms with E-state index in [1.807, 2.05) is 6.92 Å². The van der Waals surface area contributed by atoms with Gasteiger partial charge in [-0.25, -0.2) is 0 Å². The lowest BCUT2D eigenvalue weighted by Crippen LogP contribution is -2.28. The maximum atomic E-state index is 11.9. The van der Waals surface area contributed by atoms with Crippen LogP contribution in [0.3, 0.4) is 0 Å². The number of nitrogens with one attached hydrogen (secondary N) is 1. The van der Waals surface area contributed by atoms with Crippen molar-refractivity contribution in [3.8, 4) is 0 Å². The maximum absolute atomic E-state index is 11.9. The molecule has 4 nitrogen and oxygen atoms in total. The largest absolute Gasteiger partial charge is 0.351 e. The third kappa shape index (κ3) is 3.16. The highest BCUT2D eigenvalue weighted by Gasteiger charge is 2.24. The number of rotatable bonds is 4. The number of nitrogens with zero attached hydrogens (tertiary/aromatic N) is 2. The van der Waals surface area contributed by atoms with Crippen molar-refractivity contribution in [2.75, 3.05) is 6.54 Å². The van der Waals surface area contributed by atoms with E-state index in [2.05, 4.69) is 14.9 Å². The van der Waals surface area contributed by atoms with Gasteiger partial charge < -0.3 is 5.32 Å². The molecule has 2 rings (SSSR count). The molecule has 1 amide bonds. The van der Waals surface area contributed by atoms with Gasteiger partial charge in [-0.15, -0.1) is 16.7 Å². The van der Waals surface area contributed by atoms with Gasteiger partial charge in [-0.3, -0.25) is 4.79 Å². The first kappa shape index (κ1) is 12.8. The fraction of sp³-hybridized carbons (Fsp3) is 0.727. The number of carbonyl (C=O) groups is 1. The van der Waals surface area contributed by atoms with Crippen molar-refractivity contribution in [3.05, 3.63) is 10.6 Å². The van der Waals surface area contributed by atoms with Gasteiger partial charge in [0.15, 0.2) is 0 Å². The highest BCUT2D eigenvalue weighted by Crippen LogP contribution is 2.28. The van der Waals surface area contributed by atoms with Crippen LogP contribution in [0, 0.1) is 5.92 Å². The van der Waals surface area contributed by atoms with Crippen LogP contribution in [0.1, 0.15) is 41.6 Å². The van der Waals surface area contributed by atoms with Crippen LogP contribution in [0.4, 0.5) is 0 Å². The number of aryl methyl sites for hydroxylation is 1. The highest BCUT2D eigenvalue weighted by molar-refractivity contribution is 7.08. The van der Waals surface area contributed by atoms with Gasteiger partial charge in [0.05, 0.1) is 5.69 Å². The Morgan fingerprint density at radius 1 is 1.59 bits per heavy atom. The minimum atomic E-state index is -0.0464. The van der Waals surface area contributed by atoms with Crippen LogP contribution in [0.15, 0.2) is 0 Å². The van der Waals surface area contributed by atoms with E-state index in [0.29, 0.717) is 17.3 Å². The first-order chi connectivity index (χ1) is 8.20. The Morgan fingerprint density at radius 2 is 2.41 bits per heavy atom. The molecule has 1 aromatic heterocycles. The Balaban J connectivity index is 1.85. The maximum Gasteiger partial charge on any atom is 0.264 e. The first-order valence-corrected chi connectivity index (χ1v) is 7.15. The van der Waals surface area contributed by atoms with Crippen molar-refractivity contribution in [2.24, 2.45) is 5.92 Å². The highest BCUT2D eigenvalue weighted by atomic mass is 35.5. The Hall–Kier alpha value is -0.680. The molecule has 1 aromatic rings. The molecule has 2 unspecified atom stereocenters. The van der Waals surface area contributed by atoms with Crippen molar-refractivity contribution in [2.45, 2.75) is 38.0 Å². The summed E-state index contributed by atoms with van der Waals surface area (Å²) in [6.45, 7) is 2.69. The van der Waals surface area contributed by atoms with Gasteiger partial charge in [-0.05, 0) is 43.1 Å². The number of aromatic nitrogens is 2. The summed E-state index contributed by atoms with van der Waals surface area (Å²) in [4.78, 5) is 12.6. The lowest BCUT2D eigenvalue weighted by molar-refractivity contribution is 0.0950. The summed E-state index contributed by atoms with van der Waals surface area (Å²) in [5.74, 6) is 0.474. The minimum Gasteiger partial charge on any atom is -0.351 e. The second-order valence-electron chi connectivity index (χ2n) is 4.39. The molecule has 17 heavy (non-hydrogen) atoms. The zero-order valence-corrected chi connectivity index (χ0v) is 11.4. The van der Waals surface area contributed by atoms with E-state index in [1.54, 1.807) is 0 Å². The topological polar surface area (TPSA) is 54.9 Å². The summed E-state index contributed by atoms with van der Waals surface area (Å²) in [5.41, 5.74) is 0.786. The molecular weight excluding hydrogens is 258 g/mol. The normalized spacial score (nSPS) is 23.9. The molecule has 2 atom stereocenters. The average Bonchev–Trinajstić information content (AvgIpc) is 2.94. The summed E-state index contributed by atoms with van der Waals surface area (Å²) in [6.07, 6.45) is 3.91. The minimum absolute atomic E-state index is 0.0464. The van der Waals surface area contributed by atoms with Gasteiger partial charge in [0.1, 0.15) is 4.88 Å². The molecule has 94 valence electrons. The second kappa shape index (κ2) is 5.78. The average molecular weight is 274 g/mol. The monoisotopic (exact) mass is 273 g/mol. The molecule has 1 N–H and O–H groups in total. The van der Waals surface area contributed by atoms with Crippen LogP contribution in [0.5, 0.6) is 0 Å². The lowest BCUT2D eigenvalue weighted by atomic mass is 10.1. The van der Waals surface area contributed by atoms with Crippen LogP contribution in [0.25, 0.3) is 0 Å². The van der Waals surface area contributed by atoms with E-state index in [9.17, 15) is 4.79 Å². The van der Waals surface area contributed by atoms with E-state index in [0.717, 1.165) is 31.4 Å². The Bertz CT molecular complexity index is 396. The molecule has 0 spiro atoms. The number of hydrogen-bond donors (Lipinski definition) is 1. The molecular formula is C11H16ClN3OS. The molecule has 1 heterocycles. The van der Waals surface area contributed by atoms with Crippen LogP contribution in [-0.4, -0.2) is 27.4 Å². The molecule has 6 heteroatoms. The molecule has 0 bridgehead atoms. The van der Waals surface area contributed by atoms with Gasteiger partial charge in [0.2, 0.25) is 0 Å². The smallest absolute Gasteiger partial charge is 0.264 e. The lowest BCUT2D eigenvalue weighted by Gasteiger charge is -2.10. The predicted octanol–water partition coefficient (Wildman–Crippen LogP) is 2.24. The summed E-state index contributed by atoms with van der Waals surface area (Å²) in [6, 6.07) is 0. The predicted molar refractivity (Wildman–Crippen MR) is 68.6 cm³/mol. The van der Waals surface area contributed by atoms with Crippen molar-refractivity contribution in [3.63, 3.8) is 0 Å². The van der Waals surface area contributed by atoms with E-state index >= 15 is 0 Å².